The SMILES string of the molecule is COc1cc(C(=O)NC2CCCN(CCOCCNc3cccc4c3C(=O)N(C3CCC(=O)NC3=O)C4=O)C2)c(F)cc1Nc1cc2c(cn1)N(C)C(=O)C(F)(F)CN2C1CCCC1. The van der Waals surface area contributed by atoms with E-state index in [4.69, 9.17) is 9.47 Å². The summed E-state index contributed by atoms with van der Waals surface area (Å²) < 4.78 is 57.3. The van der Waals surface area contributed by atoms with Gasteiger partial charge in [-0.15, -0.1) is 0 Å². The Balaban J connectivity index is 0.831. The summed E-state index contributed by atoms with van der Waals surface area (Å²) in [6.07, 6.45) is 6.10. The Morgan fingerprint density at radius 1 is 0.969 bits per heavy atom. The van der Waals surface area contributed by atoms with Gasteiger partial charge >= 0.3 is 5.92 Å². The molecule has 2 atom stereocenters. The highest BCUT2D eigenvalue weighted by atomic mass is 19.3. The molecule has 1 aromatic heterocycles. The normalized spacial score (nSPS) is 21.4. The third-order valence-corrected chi connectivity index (χ3v) is 12.5. The Bertz CT molecular complexity index is 2360. The molecular weight excluding hydrogens is 840 g/mol. The number of pyridine rings is 1. The van der Waals surface area contributed by atoms with Crippen molar-refractivity contribution in [2.75, 3.05) is 80.5 Å². The summed E-state index contributed by atoms with van der Waals surface area (Å²) in [4.78, 5) is 86.6. The first kappa shape index (κ1) is 44.3. The molecule has 340 valence electrons. The van der Waals surface area contributed by atoms with Crippen molar-refractivity contribution < 1.29 is 51.4 Å². The molecule has 1 aliphatic carbocycles. The van der Waals surface area contributed by atoms with Gasteiger partial charge in [0.15, 0.2) is 0 Å². The van der Waals surface area contributed by atoms with Crippen molar-refractivity contribution in [2.45, 2.75) is 75.4 Å². The molecule has 8 rings (SSSR count). The number of carbonyl (C=O) groups is 6. The number of hydrogen-bond donors (Lipinski definition) is 4. The number of hydrogen-bond acceptors (Lipinski definition) is 13. The number of amides is 6. The minimum absolute atomic E-state index is 0.0298. The number of nitrogens with one attached hydrogen (secondary N) is 4. The van der Waals surface area contributed by atoms with E-state index >= 15 is 13.2 Å². The van der Waals surface area contributed by atoms with E-state index in [-0.39, 0.29) is 71.2 Å². The van der Waals surface area contributed by atoms with Crippen molar-refractivity contribution in [1.82, 2.24) is 25.4 Å². The molecule has 2 saturated heterocycles. The second kappa shape index (κ2) is 18.4. The largest absolute Gasteiger partial charge is 0.495 e. The molecule has 5 heterocycles. The fourth-order valence-electron chi connectivity index (χ4n) is 9.24. The number of imide groups is 2. The summed E-state index contributed by atoms with van der Waals surface area (Å²) in [6.45, 7) is 2.05. The number of methoxy groups -OCH3 is 1. The van der Waals surface area contributed by atoms with E-state index in [0.717, 1.165) is 41.7 Å². The monoisotopic (exact) mass is 889 g/mol. The van der Waals surface area contributed by atoms with Gasteiger partial charge in [0, 0.05) is 63.0 Å². The smallest absolute Gasteiger partial charge is 0.342 e. The van der Waals surface area contributed by atoms with Crippen LogP contribution in [0.3, 0.4) is 0 Å². The highest BCUT2D eigenvalue weighted by Crippen LogP contribution is 2.42. The van der Waals surface area contributed by atoms with Crippen LogP contribution in [0.4, 0.5) is 41.7 Å². The molecular formula is C44H50F3N9O8. The summed E-state index contributed by atoms with van der Waals surface area (Å²) in [5.74, 6) is -8.30. The zero-order valence-corrected chi connectivity index (χ0v) is 35.5. The standard InChI is InChI=1S/C44H50F3N9O8/c1-53-34-22-49-36(21-33(34)55(26-8-3-4-9-26)24-44(46,47)43(53)62)51-31-20-29(45)28(19-35(31)63-2)39(58)50-25-7-6-15-54(23-25)16-18-64-17-14-48-30-11-5-10-27-38(30)42(61)56(41(27)60)32-12-13-37(57)52-40(32)59/h5,10-11,19-22,25-26,32,48H,3-4,6-9,12-18,23-24H2,1-2H3,(H,49,51)(H,50,58)(H,52,57,59). The third-order valence-electron chi connectivity index (χ3n) is 12.5. The van der Waals surface area contributed by atoms with Crippen LogP contribution < -0.4 is 35.8 Å². The molecule has 17 nitrogen and oxygen atoms in total. The second-order valence-electron chi connectivity index (χ2n) is 16.7. The predicted octanol–water partition coefficient (Wildman–Crippen LogP) is 4.06. The first-order valence-corrected chi connectivity index (χ1v) is 21.5. The number of carbonyl (C=O) groups excluding carboxylic acids is 6. The van der Waals surface area contributed by atoms with Crippen molar-refractivity contribution in [3.63, 3.8) is 0 Å². The lowest BCUT2D eigenvalue weighted by molar-refractivity contribution is -0.140. The van der Waals surface area contributed by atoms with E-state index in [9.17, 15) is 28.8 Å². The van der Waals surface area contributed by atoms with Crippen LogP contribution in [0.5, 0.6) is 5.75 Å². The molecule has 2 unspecified atom stereocenters. The van der Waals surface area contributed by atoms with Gasteiger partial charge < -0.3 is 35.2 Å². The fourth-order valence-corrected chi connectivity index (χ4v) is 9.24. The van der Waals surface area contributed by atoms with Gasteiger partial charge in [0.2, 0.25) is 11.8 Å². The number of alkyl halides is 2. The molecule has 3 aromatic rings. The molecule has 0 bridgehead atoms. The van der Waals surface area contributed by atoms with Crippen molar-refractivity contribution in [1.29, 1.82) is 0 Å². The molecule has 3 fully saturated rings. The summed E-state index contributed by atoms with van der Waals surface area (Å²) >= 11 is 0. The molecule has 4 N–H and O–H groups in total. The fraction of sp³-hybridized carbons (Fsp3) is 0.477. The number of rotatable bonds is 14. The average molecular weight is 890 g/mol. The maximum atomic E-state index is 15.7. The van der Waals surface area contributed by atoms with E-state index in [2.05, 4.69) is 31.2 Å². The molecule has 2 aromatic carbocycles. The van der Waals surface area contributed by atoms with Gasteiger partial charge in [-0.2, -0.15) is 8.78 Å². The number of halogens is 3. The number of anilines is 5. The summed E-state index contributed by atoms with van der Waals surface area (Å²) in [5.41, 5.74) is 1.36. The van der Waals surface area contributed by atoms with E-state index in [1.165, 1.54) is 32.5 Å². The van der Waals surface area contributed by atoms with Crippen LogP contribution in [0.2, 0.25) is 0 Å². The third kappa shape index (κ3) is 8.93. The van der Waals surface area contributed by atoms with Gasteiger partial charge in [0.25, 0.3) is 23.6 Å². The van der Waals surface area contributed by atoms with E-state index in [0.29, 0.717) is 56.9 Å². The van der Waals surface area contributed by atoms with E-state index in [1.54, 1.807) is 23.1 Å². The number of fused-ring (bicyclic) bond motifs is 2. The number of piperidine rings is 2. The summed E-state index contributed by atoms with van der Waals surface area (Å²) in [5, 5.41) is 11.3. The molecule has 4 aliphatic heterocycles. The van der Waals surface area contributed by atoms with E-state index < -0.39 is 59.8 Å². The molecule has 0 spiro atoms. The first-order chi connectivity index (χ1) is 30.7. The number of benzene rings is 2. The lowest BCUT2D eigenvalue weighted by Gasteiger charge is -2.33. The maximum Gasteiger partial charge on any atom is 0.342 e. The highest BCUT2D eigenvalue weighted by molar-refractivity contribution is 6.25. The Labute approximate surface area is 367 Å². The average Bonchev–Trinajstić information content (AvgIpc) is 3.88. The Kier molecular flexibility index (Phi) is 12.8. The molecule has 64 heavy (non-hydrogen) atoms. The van der Waals surface area contributed by atoms with Crippen molar-refractivity contribution in [3.05, 3.63) is 65.1 Å². The number of likely N-dealkylation sites (tertiary alicyclic amines) is 1. The number of nitrogens with zero attached hydrogens (tertiary/aromatic N) is 5. The number of aromatic nitrogens is 1. The Morgan fingerprint density at radius 3 is 2.53 bits per heavy atom. The molecule has 0 radical (unpaired) electrons. The summed E-state index contributed by atoms with van der Waals surface area (Å²) in [6, 6.07) is 7.32. The number of ether oxygens (including phenoxy) is 2. The Morgan fingerprint density at radius 2 is 1.77 bits per heavy atom. The topological polar surface area (TPSA) is 195 Å². The van der Waals surface area contributed by atoms with Crippen LogP contribution in [0, 0.1) is 5.82 Å². The van der Waals surface area contributed by atoms with Crippen LogP contribution >= 0.6 is 0 Å². The molecule has 5 aliphatic rings. The molecule has 20 heteroatoms. The minimum Gasteiger partial charge on any atom is -0.495 e. The zero-order chi connectivity index (χ0) is 45.3. The van der Waals surface area contributed by atoms with Crippen molar-refractivity contribution in [2.24, 2.45) is 0 Å². The van der Waals surface area contributed by atoms with E-state index in [1.807, 2.05) is 0 Å². The Hall–Kier alpha value is -6.28. The van der Waals surface area contributed by atoms with Gasteiger partial charge in [0.1, 0.15) is 23.4 Å². The first-order valence-electron chi connectivity index (χ1n) is 21.5. The molecule has 6 amide bonds. The van der Waals surface area contributed by atoms with Crippen LogP contribution in [-0.4, -0.2) is 134 Å². The van der Waals surface area contributed by atoms with Gasteiger partial charge in [-0.25, -0.2) is 9.37 Å². The maximum absolute atomic E-state index is 15.7. The second-order valence-corrected chi connectivity index (χ2v) is 16.7. The van der Waals surface area contributed by atoms with Gasteiger partial charge in [-0.3, -0.25) is 43.9 Å². The van der Waals surface area contributed by atoms with Gasteiger partial charge in [0.05, 0.1) is 66.8 Å². The van der Waals surface area contributed by atoms with Crippen LogP contribution in [0.25, 0.3) is 0 Å². The van der Waals surface area contributed by atoms with Gasteiger partial charge in [-0.05, 0) is 56.8 Å². The van der Waals surface area contributed by atoms with Crippen LogP contribution in [0.15, 0.2) is 42.6 Å². The summed E-state index contributed by atoms with van der Waals surface area (Å²) in [7, 11) is 2.67. The predicted molar refractivity (Wildman–Crippen MR) is 228 cm³/mol. The zero-order valence-electron chi connectivity index (χ0n) is 35.5. The van der Waals surface area contributed by atoms with Crippen molar-refractivity contribution in [3.8, 4) is 5.75 Å². The quantitative estimate of drug-likeness (QED) is 0.134. The minimum atomic E-state index is -3.61. The lowest BCUT2D eigenvalue weighted by atomic mass is 10.0. The molecule has 1 saturated carbocycles. The van der Waals surface area contributed by atoms with Crippen LogP contribution in [0.1, 0.15) is 82.4 Å². The van der Waals surface area contributed by atoms with Crippen molar-refractivity contribution >= 4 is 64.0 Å². The van der Waals surface area contributed by atoms with Crippen LogP contribution in [-0.2, 0) is 19.1 Å². The highest BCUT2D eigenvalue weighted by Gasteiger charge is 2.49. The van der Waals surface area contributed by atoms with Gasteiger partial charge in [-0.1, -0.05) is 18.9 Å². The lowest BCUT2D eigenvalue weighted by Crippen LogP contribution is -2.54.